The minimum Gasteiger partial charge on any atom is -0.454 e. The van der Waals surface area contributed by atoms with Crippen LogP contribution < -0.4 is 49.0 Å². The third kappa shape index (κ3) is 13.3. The molecule has 20 aromatic rings. The molecular weight excluding hydrogens is 1630 g/mol. The molecule has 5 unspecified atom stereocenters. The number of para-hydroxylation sites is 5. The number of pyridine rings is 3. The van der Waals surface area contributed by atoms with E-state index in [9.17, 15) is 0 Å². The second kappa shape index (κ2) is 32.5. The second-order valence-corrected chi connectivity index (χ2v) is 34.7. The molecule has 0 bridgehead atoms. The number of anilines is 15. The summed E-state index contributed by atoms with van der Waals surface area (Å²) in [5, 5.41) is 10.7. The third-order valence-corrected chi connectivity index (χ3v) is 26.0. The molecule has 15 heterocycles. The number of aromatic nitrogens is 7. The van der Waals surface area contributed by atoms with E-state index < -0.39 is 44.3 Å². The van der Waals surface area contributed by atoms with E-state index in [2.05, 4.69) is 180 Å². The van der Waals surface area contributed by atoms with Crippen molar-refractivity contribution in [2.24, 2.45) is 0 Å². The molecule has 0 N–H and O–H groups in total. The first-order valence-corrected chi connectivity index (χ1v) is 44.3. The van der Waals surface area contributed by atoms with Crippen molar-refractivity contribution >= 4 is 196 Å². The summed E-state index contributed by atoms with van der Waals surface area (Å²) in [6, 6.07) is 70.6. The van der Waals surface area contributed by atoms with E-state index in [4.69, 9.17) is 34.4 Å². The zero-order valence-corrected chi connectivity index (χ0v) is 75.9. The van der Waals surface area contributed by atoms with Crippen molar-refractivity contribution in [3.63, 3.8) is 0 Å². The summed E-state index contributed by atoms with van der Waals surface area (Å²) >= 11 is 0. The summed E-state index contributed by atoms with van der Waals surface area (Å²) in [6.45, 7) is 27.1. The number of furan rings is 5. The first-order valence-electron chi connectivity index (χ1n) is 48.8. The van der Waals surface area contributed by atoms with Gasteiger partial charge in [0.05, 0.1) is 49.6 Å². The molecule has 131 heavy (non-hydrogen) atoms. The highest BCUT2D eigenvalue weighted by atomic mass is 16.3. The Bertz CT molecular complexity index is 7170. The molecule has 22 nitrogen and oxygen atoms in total. The van der Waals surface area contributed by atoms with Crippen molar-refractivity contribution in [2.45, 2.75) is 160 Å². The van der Waals surface area contributed by atoms with Gasteiger partial charge in [0, 0.05) is 137 Å². The quantitative estimate of drug-likeness (QED) is 0.140. The second-order valence-electron chi connectivity index (χ2n) is 34.7. The molecule has 5 atom stereocenters. The van der Waals surface area contributed by atoms with Gasteiger partial charge < -0.3 is 61.3 Å². The lowest BCUT2D eigenvalue weighted by molar-refractivity contribution is 0.598. The minimum atomic E-state index is -2.34. The lowest BCUT2D eigenvalue weighted by Gasteiger charge is -2.33. The Morgan fingerprint density at radius 2 is 0.481 bits per heavy atom. The largest absolute Gasteiger partial charge is 0.454 e. The van der Waals surface area contributed by atoms with Crippen LogP contribution in [0.1, 0.15) is 116 Å². The van der Waals surface area contributed by atoms with Gasteiger partial charge in [-0.25, -0.2) is 34.9 Å². The fraction of sp³-hybridized carbons (Fsp3) is 0.239. The van der Waals surface area contributed by atoms with Gasteiger partial charge in [-0.05, 0) is 205 Å². The molecule has 25 rings (SSSR count). The van der Waals surface area contributed by atoms with E-state index in [0.29, 0.717) is 17.5 Å². The highest BCUT2D eigenvalue weighted by molar-refractivity contribution is 6.16. The molecule has 656 valence electrons. The Hall–Kier alpha value is -15.2. The van der Waals surface area contributed by atoms with Crippen LogP contribution in [0, 0.1) is 34.6 Å². The van der Waals surface area contributed by atoms with Gasteiger partial charge in [0.1, 0.15) is 58.7 Å². The molecule has 10 aromatic heterocycles. The van der Waals surface area contributed by atoms with Crippen molar-refractivity contribution in [1.29, 1.82) is 0 Å². The first kappa shape index (κ1) is 72.8. The minimum absolute atomic E-state index is 0.0603. The lowest BCUT2D eigenvalue weighted by Crippen LogP contribution is -2.42. The molecule has 0 spiro atoms. The number of hydrogen-bond donors (Lipinski definition) is 0. The van der Waals surface area contributed by atoms with Crippen molar-refractivity contribution < 1.29 is 34.4 Å². The van der Waals surface area contributed by atoms with Gasteiger partial charge in [0.15, 0.2) is 68.6 Å². The summed E-state index contributed by atoms with van der Waals surface area (Å²) in [5.41, 5.74) is 21.2. The van der Waals surface area contributed by atoms with Crippen LogP contribution in [0.3, 0.4) is 0 Å². The fourth-order valence-corrected chi connectivity index (χ4v) is 20.2. The van der Waals surface area contributed by atoms with E-state index in [1.807, 2.05) is 223 Å². The van der Waals surface area contributed by atoms with Crippen LogP contribution in [0.2, 0.25) is 0 Å². The van der Waals surface area contributed by atoms with Crippen LogP contribution in [0.4, 0.5) is 86.2 Å². The average Bonchev–Trinajstić information content (AvgIpc) is 1.59. The van der Waals surface area contributed by atoms with Crippen molar-refractivity contribution in [3.8, 4) is 0 Å². The van der Waals surface area contributed by atoms with Crippen molar-refractivity contribution in [1.82, 2.24) is 34.9 Å². The smallest absolute Gasteiger partial charge is 0.178 e. The summed E-state index contributed by atoms with van der Waals surface area (Å²) in [6.07, 6.45) is 10.5. The third-order valence-electron chi connectivity index (χ3n) is 26.0. The normalized spacial score (nSPS) is 18.2. The van der Waals surface area contributed by atoms with Crippen LogP contribution in [0.5, 0.6) is 0 Å². The highest BCUT2D eigenvalue weighted by Crippen LogP contribution is 2.55. The first-order chi connectivity index (χ1) is 66.9. The van der Waals surface area contributed by atoms with Crippen LogP contribution in [0.15, 0.2) is 284 Å². The van der Waals surface area contributed by atoms with Gasteiger partial charge in [0.2, 0.25) is 0 Å². The van der Waals surface area contributed by atoms with Gasteiger partial charge in [-0.2, -0.15) is 0 Å². The molecule has 5 aliphatic heterocycles. The molecule has 0 saturated carbocycles. The van der Waals surface area contributed by atoms with Gasteiger partial charge in [-0.15, -0.1) is 0 Å². The Morgan fingerprint density at radius 1 is 0.244 bits per heavy atom. The Labute approximate surface area is 773 Å². The number of aryl methyl sites for hydroxylation is 5. The van der Waals surface area contributed by atoms with Gasteiger partial charge in [-0.1, -0.05) is 152 Å². The summed E-state index contributed by atoms with van der Waals surface area (Å²) in [5.74, 6) is 4.48. The van der Waals surface area contributed by atoms with Crippen LogP contribution in [-0.2, 0) is 0 Å². The van der Waals surface area contributed by atoms with E-state index >= 15 is 0 Å². The zero-order chi connectivity index (χ0) is 98.1. The fourth-order valence-electron chi connectivity index (χ4n) is 20.2. The number of benzene rings is 10. The van der Waals surface area contributed by atoms with Crippen molar-refractivity contribution in [2.75, 3.05) is 63.0 Å². The lowest BCUT2D eigenvalue weighted by atomic mass is 10.1. The maximum absolute atomic E-state index is 8.68. The predicted octanol–water partition coefficient (Wildman–Crippen LogP) is 27.2. The van der Waals surface area contributed by atoms with Crippen LogP contribution in [0.25, 0.3) is 110 Å². The number of fused-ring (bicyclic) bond motifs is 20. The Kier molecular flexibility index (Phi) is 18.1. The summed E-state index contributed by atoms with van der Waals surface area (Å²) < 4.78 is 105. The molecule has 5 aliphatic rings. The van der Waals surface area contributed by atoms with Gasteiger partial charge in [-0.3, -0.25) is 9.80 Å². The molecule has 22 heteroatoms. The molecule has 0 saturated heterocycles. The maximum Gasteiger partial charge on any atom is 0.178 e. The van der Waals surface area contributed by atoms with Crippen LogP contribution in [-0.4, -0.2) is 97.7 Å². The van der Waals surface area contributed by atoms with Gasteiger partial charge >= 0.3 is 0 Å². The van der Waals surface area contributed by atoms with E-state index in [1.165, 1.54) is 16.0 Å². The molecule has 10 aromatic carbocycles. The Balaban J connectivity index is 0.000000104. The monoisotopic (exact) mass is 1740 g/mol. The average molecular weight is 1740 g/mol. The zero-order valence-electron chi connectivity index (χ0n) is 84.9. The Morgan fingerprint density at radius 3 is 0.809 bits per heavy atom. The maximum atomic E-state index is 8.68. The summed E-state index contributed by atoms with van der Waals surface area (Å²) in [4.78, 5) is 51.0. The number of nitrogens with zero attached hydrogens (tertiary/aromatic N) is 17. The number of hydrogen-bond acceptors (Lipinski definition) is 22. The topological polar surface area (TPSA) is 188 Å². The van der Waals surface area contributed by atoms with Crippen molar-refractivity contribution in [3.05, 3.63) is 290 Å². The molecule has 0 fully saturated rings. The van der Waals surface area contributed by atoms with E-state index in [0.717, 1.165) is 206 Å². The molecule has 0 aliphatic carbocycles. The SMILES string of the molecule is [2H]C(C)(C)N1c2ncccc2N(c2c(C)ccc3c2oc2ccccc23)C1C.[2H]C(C)(C)N1c2ncccc2N(c2c(C)ccc3c2oc2ccccc23)C1C.[2H]C(C)(C)N1c2nccnc2N(c2c(C)ccc3c2oc2ccccc23)C1C.[2H]C([2H])([2H])N1c2ncccc2N(c2c(C)ccc3c2oc2ccccc23)C1C.[2H]C([2H])([2H])N1c2nccnc2N(c2c(C)ccc3c2oc2ccccc23)C1C. The van der Waals surface area contributed by atoms with E-state index in [-0.39, 0.29) is 18.5 Å². The molecule has 0 radical (unpaired) electrons. The standard InChI is InChI=1S/2C23H23N3O.C22H22N4O.C21H19N3O.C20H18N4O/c2*1-14(2)25-16(4)26(19-9-7-13-24-23(19)25)21-15(3)11-12-18-17-8-5-6-10-20(17)27-22(18)21;1-13(2)25-15(4)26(22-21(25)23-11-12-24-22)19-14(3)9-10-17-16-7-5-6-8-18(16)27-20(17)19;1-13-10-11-16-15-7-4-5-9-18(15)25-20(16)19(13)24-14(2)23(3)21-17(24)8-6-12-22-21;1-12-8-9-15-14-6-4-5-7-16(14)25-18(15)17(12)24-13(2)23(3)19-20(24)22-11-10-21-19/h2*5-14,16H,1-4H3;5-13,15H,1-4H3;4-12,14H,1-3H3;4-11,13H,1-3H3/i2*14D;13D;2*3D3. The number of rotatable bonds is 8. The molecular formula is C109H105N17O5. The van der Waals surface area contributed by atoms with Crippen LogP contribution >= 0.6 is 0 Å². The predicted molar refractivity (Wildman–Crippen MR) is 537 cm³/mol. The van der Waals surface area contributed by atoms with E-state index in [1.54, 1.807) is 37.2 Å². The van der Waals surface area contributed by atoms with Gasteiger partial charge in [0.25, 0.3) is 0 Å². The summed E-state index contributed by atoms with van der Waals surface area (Å²) in [7, 11) is 0. The molecule has 0 amide bonds. The highest BCUT2D eigenvalue weighted by Gasteiger charge is 2.44.